The molecule has 0 fully saturated rings. The van der Waals surface area contributed by atoms with Gasteiger partial charge in [-0.25, -0.2) is 13.4 Å². The molecule has 0 saturated carbocycles. The highest BCUT2D eigenvalue weighted by molar-refractivity contribution is 7.89. The van der Waals surface area contributed by atoms with E-state index in [0.29, 0.717) is 5.13 Å². The molecule has 0 spiro atoms. The van der Waals surface area contributed by atoms with E-state index in [1.54, 1.807) is 6.07 Å². The SMILES string of the molecule is CCc1ccc2nc(NC(=O)c3cccc(S(=O)(=O)N(C)OC)c3)sc2c1. The maximum Gasteiger partial charge on any atom is 0.264 e. The fourth-order valence-corrected chi connectivity index (χ4v) is 4.40. The van der Waals surface area contributed by atoms with Gasteiger partial charge in [-0.3, -0.25) is 14.9 Å². The number of aryl methyl sites for hydroxylation is 1. The highest BCUT2D eigenvalue weighted by atomic mass is 32.2. The normalized spacial score (nSPS) is 11.9. The van der Waals surface area contributed by atoms with Gasteiger partial charge in [0, 0.05) is 12.6 Å². The van der Waals surface area contributed by atoms with Crippen molar-refractivity contribution in [2.45, 2.75) is 18.2 Å². The average molecular weight is 406 g/mol. The molecule has 3 rings (SSSR count). The van der Waals surface area contributed by atoms with Crippen molar-refractivity contribution in [2.24, 2.45) is 0 Å². The second kappa shape index (κ2) is 7.73. The molecule has 0 radical (unpaired) electrons. The van der Waals surface area contributed by atoms with Crippen LogP contribution in [-0.4, -0.2) is 37.9 Å². The topological polar surface area (TPSA) is 88.6 Å². The summed E-state index contributed by atoms with van der Waals surface area (Å²) in [5.41, 5.74) is 2.23. The van der Waals surface area contributed by atoms with Crippen molar-refractivity contribution in [1.82, 2.24) is 9.45 Å². The number of hydrogen-bond donors (Lipinski definition) is 1. The van der Waals surface area contributed by atoms with E-state index in [4.69, 9.17) is 4.84 Å². The van der Waals surface area contributed by atoms with Crippen LogP contribution in [-0.2, 0) is 21.3 Å². The number of carbonyl (C=O) groups excluding carboxylic acids is 1. The third-order valence-corrected chi connectivity index (χ3v) is 6.68. The summed E-state index contributed by atoms with van der Waals surface area (Å²) in [4.78, 5) is 21.7. The number of benzene rings is 2. The number of amides is 1. The molecule has 0 aliphatic rings. The van der Waals surface area contributed by atoms with Crippen LogP contribution in [0.1, 0.15) is 22.8 Å². The van der Waals surface area contributed by atoms with Gasteiger partial charge in [0.15, 0.2) is 5.13 Å². The van der Waals surface area contributed by atoms with Gasteiger partial charge in [0.25, 0.3) is 15.9 Å². The Morgan fingerprint density at radius 3 is 2.74 bits per heavy atom. The van der Waals surface area contributed by atoms with Gasteiger partial charge in [-0.1, -0.05) is 34.9 Å². The number of hydrogen-bond acceptors (Lipinski definition) is 6. The van der Waals surface area contributed by atoms with Crippen molar-refractivity contribution >= 4 is 42.6 Å². The molecule has 0 atom stereocenters. The maximum absolute atomic E-state index is 12.5. The Morgan fingerprint density at radius 2 is 2.04 bits per heavy atom. The molecule has 1 heterocycles. The molecular weight excluding hydrogens is 386 g/mol. The molecule has 2 aromatic carbocycles. The van der Waals surface area contributed by atoms with E-state index in [1.165, 1.54) is 49.3 Å². The van der Waals surface area contributed by atoms with Crippen molar-refractivity contribution in [1.29, 1.82) is 0 Å². The lowest BCUT2D eigenvalue weighted by atomic mass is 10.2. The van der Waals surface area contributed by atoms with E-state index < -0.39 is 15.9 Å². The largest absolute Gasteiger partial charge is 0.298 e. The molecule has 0 aliphatic carbocycles. The predicted molar refractivity (Wildman–Crippen MR) is 105 cm³/mol. The van der Waals surface area contributed by atoms with Crippen LogP contribution >= 0.6 is 11.3 Å². The summed E-state index contributed by atoms with van der Waals surface area (Å²) in [6.45, 7) is 2.08. The Kier molecular flexibility index (Phi) is 5.56. The van der Waals surface area contributed by atoms with Crippen molar-refractivity contribution in [2.75, 3.05) is 19.5 Å². The first-order valence-electron chi connectivity index (χ1n) is 8.19. The summed E-state index contributed by atoms with van der Waals surface area (Å²) in [6, 6.07) is 11.8. The van der Waals surface area contributed by atoms with Crippen LogP contribution in [0.4, 0.5) is 5.13 Å². The standard InChI is InChI=1S/C18H19N3O4S2/c1-4-12-8-9-15-16(10-12)26-18(19-15)20-17(22)13-6-5-7-14(11-13)27(23,24)21(2)25-3/h5-11H,4H2,1-3H3,(H,19,20,22). The molecule has 7 nitrogen and oxygen atoms in total. The highest BCUT2D eigenvalue weighted by Gasteiger charge is 2.22. The molecule has 0 aliphatic heterocycles. The van der Waals surface area contributed by atoms with Crippen molar-refractivity contribution in [3.63, 3.8) is 0 Å². The van der Waals surface area contributed by atoms with Crippen molar-refractivity contribution < 1.29 is 18.0 Å². The summed E-state index contributed by atoms with van der Waals surface area (Å²) >= 11 is 1.38. The number of rotatable bonds is 6. The summed E-state index contributed by atoms with van der Waals surface area (Å²) in [7, 11) is -1.29. The van der Waals surface area contributed by atoms with Crippen molar-refractivity contribution in [3.05, 3.63) is 53.6 Å². The molecule has 0 unspecified atom stereocenters. The van der Waals surface area contributed by atoms with Crippen molar-refractivity contribution in [3.8, 4) is 0 Å². The van der Waals surface area contributed by atoms with Crippen LogP contribution in [0.3, 0.4) is 0 Å². The van der Waals surface area contributed by atoms with E-state index in [1.807, 2.05) is 12.1 Å². The maximum atomic E-state index is 12.5. The van der Waals surface area contributed by atoms with E-state index in [2.05, 4.69) is 23.3 Å². The molecule has 1 amide bonds. The van der Waals surface area contributed by atoms with Crippen LogP contribution in [0.5, 0.6) is 0 Å². The lowest BCUT2D eigenvalue weighted by Crippen LogP contribution is -2.26. The zero-order valence-electron chi connectivity index (χ0n) is 15.1. The molecule has 142 valence electrons. The second-order valence-corrected chi connectivity index (χ2v) is 8.72. The first-order valence-corrected chi connectivity index (χ1v) is 10.4. The lowest BCUT2D eigenvalue weighted by molar-refractivity contribution is -0.0258. The van der Waals surface area contributed by atoms with Gasteiger partial charge in [0.05, 0.1) is 22.2 Å². The number of sulfonamides is 1. The minimum Gasteiger partial charge on any atom is -0.298 e. The number of fused-ring (bicyclic) bond motifs is 1. The lowest BCUT2D eigenvalue weighted by Gasteiger charge is -2.14. The highest BCUT2D eigenvalue weighted by Crippen LogP contribution is 2.27. The van der Waals surface area contributed by atoms with Gasteiger partial charge in [0.2, 0.25) is 0 Å². The number of anilines is 1. The zero-order chi connectivity index (χ0) is 19.6. The molecule has 27 heavy (non-hydrogen) atoms. The summed E-state index contributed by atoms with van der Waals surface area (Å²) in [5.74, 6) is -0.429. The van der Waals surface area contributed by atoms with Gasteiger partial charge < -0.3 is 0 Å². The summed E-state index contributed by atoms with van der Waals surface area (Å²) in [5, 5.41) is 3.20. The Bertz CT molecular complexity index is 1090. The molecule has 0 bridgehead atoms. The summed E-state index contributed by atoms with van der Waals surface area (Å²) in [6.07, 6.45) is 0.923. The molecule has 1 N–H and O–H groups in total. The third kappa shape index (κ3) is 4.01. The molecule has 0 saturated heterocycles. The quantitative estimate of drug-likeness (QED) is 0.636. The zero-order valence-corrected chi connectivity index (χ0v) is 16.7. The molecule has 1 aromatic heterocycles. The number of hydroxylamine groups is 1. The Labute approximate surface area is 161 Å². The van der Waals surface area contributed by atoms with E-state index in [9.17, 15) is 13.2 Å². The predicted octanol–water partition coefficient (Wildman–Crippen LogP) is 3.29. The molecule has 3 aromatic rings. The molecule has 9 heteroatoms. The minimum atomic E-state index is -3.83. The third-order valence-electron chi connectivity index (χ3n) is 4.07. The van der Waals surface area contributed by atoms with Crippen LogP contribution in [0.15, 0.2) is 47.4 Å². The monoisotopic (exact) mass is 405 g/mol. The van der Waals surface area contributed by atoms with Gasteiger partial charge in [-0.05, 0) is 42.3 Å². The van der Waals surface area contributed by atoms with Gasteiger partial charge >= 0.3 is 0 Å². The van der Waals surface area contributed by atoms with Gasteiger partial charge in [-0.15, -0.1) is 0 Å². The smallest absolute Gasteiger partial charge is 0.264 e. The number of nitrogens with zero attached hydrogens (tertiary/aromatic N) is 2. The fraction of sp³-hybridized carbons (Fsp3) is 0.222. The van der Waals surface area contributed by atoms with Gasteiger partial charge in [-0.2, -0.15) is 0 Å². The van der Waals surface area contributed by atoms with E-state index >= 15 is 0 Å². The van der Waals surface area contributed by atoms with Crippen LogP contribution in [0.25, 0.3) is 10.2 Å². The fourth-order valence-electron chi connectivity index (χ4n) is 2.46. The van der Waals surface area contributed by atoms with Crippen LogP contribution in [0.2, 0.25) is 0 Å². The second-order valence-electron chi connectivity index (χ2n) is 5.75. The average Bonchev–Trinajstić information content (AvgIpc) is 3.08. The number of nitrogens with one attached hydrogen (secondary N) is 1. The first-order chi connectivity index (χ1) is 12.8. The van der Waals surface area contributed by atoms with Crippen LogP contribution in [0, 0.1) is 0 Å². The summed E-state index contributed by atoms with van der Waals surface area (Å²) < 4.78 is 26.4. The Morgan fingerprint density at radius 1 is 1.26 bits per heavy atom. The van der Waals surface area contributed by atoms with E-state index in [-0.39, 0.29) is 10.5 Å². The molecular formula is C18H19N3O4S2. The van der Waals surface area contributed by atoms with Crippen LogP contribution < -0.4 is 5.32 Å². The Hall–Kier alpha value is -2.33. The number of thiazole rings is 1. The van der Waals surface area contributed by atoms with E-state index in [0.717, 1.165) is 21.1 Å². The number of aromatic nitrogens is 1. The van der Waals surface area contributed by atoms with Gasteiger partial charge in [0.1, 0.15) is 0 Å². The Balaban J connectivity index is 1.85. The minimum absolute atomic E-state index is 0.0311. The first kappa shape index (κ1) is 19.4. The number of carbonyl (C=O) groups is 1.